The average Bonchev–Trinajstić information content (AvgIpc) is 2.97. The zero-order chi connectivity index (χ0) is 31.7. The summed E-state index contributed by atoms with van der Waals surface area (Å²) < 4.78 is 5.26. The minimum absolute atomic E-state index is 0.264. The second-order valence-corrected chi connectivity index (χ2v) is 12.3. The topological polar surface area (TPSA) is 120 Å². The molecule has 3 N–H and O–H groups in total. The predicted octanol–water partition coefficient (Wildman–Crippen LogP) is 3.48. The summed E-state index contributed by atoms with van der Waals surface area (Å²) >= 11 is 0. The van der Waals surface area contributed by atoms with E-state index in [2.05, 4.69) is 20.9 Å². The molecule has 10 heteroatoms. The molecule has 0 aliphatic carbocycles. The molecule has 0 bridgehead atoms. The first-order chi connectivity index (χ1) is 20.3. The van der Waals surface area contributed by atoms with Gasteiger partial charge in [0.15, 0.2) is 0 Å². The van der Waals surface area contributed by atoms with Crippen LogP contribution in [0.15, 0.2) is 60.7 Å². The Labute approximate surface area is 255 Å². The largest absolute Gasteiger partial charge is 0.444 e. The first-order valence-electron chi connectivity index (χ1n) is 15.0. The third-order valence-electron chi connectivity index (χ3n) is 7.41. The summed E-state index contributed by atoms with van der Waals surface area (Å²) in [6.45, 7) is 14.5. The highest BCUT2D eigenvalue weighted by atomic mass is 16.6. The summed E-state index contributed by atoms with van der Waals surface area (Å²) in [7, 11) is 0. The fourth-order valence-corrected chi connectivity index (χ4v) is 5.02. The molecule has 234 valence electrons. The molecule has 0 unspecified atom stereocenters. The number of carbonyl (C=O) groups excluding carboxylic acids is 4. The molecule has 2 aromatic carbocycles. The Morgan fingerprint density at radius 2 is 1.42 bits per heavy atom. The molecule has 3 atom stereocenters. The molecule has 10 nitrogen and oxygen atoms in total. The van der Waals surface area contributed by atoms with E-state index in [1.54, 1.807) is 25.7 Å². The third kappa shape index (κ3) is 9.54. The van der Waals surface area contributed by atoms with Crippen LogP contribution >= 0.6 is 0 Å². The van der Waals surface area contributed by atoms with Gasteiger partial charge in [0.1, 0.15) is 23.7 Å². The molecule has 0 radical (unpaired) electrons. The van der Waals surface area contributed by atoms with E-state index < -0.39 is 41.8 Å². The second kappa shape index (κ2) is 15.0. The minimum atomic E-state index is -0.933. The molecule has 1 aliphatic heterocycles. The van der Waals surface area contributed by atoms with E-state index in [-0.39, 0.29) is 17.7 Å². The number of alkyl carbamates (subject to hydrolysis) is 1. The molecular formula is C33H47N5O5. The lowest BCUT2D eigenvalue weighted by Gasteiger charge is -2.42. The molecule has 43 heavy (non-hydrogen) atoms. The SMILES string of the molecule is CCN1CCN(C(=O)[C@@H](NC(=O)[C@H](C)NC(=O)OC(C)(C)C)C(C)C)[C@@H](C(=O)NC(c2ccccc2)c2ccccc2)C1. The lowest BCUT2D eigenvalue weighted by atomic mass is 9.97. The van der Waals surface area contributed by atoms with Crippen molar-refractivity contribution in [3.05, 3.63) is 71.8 Å². The molecule has 1 aliphatic rings. The van der Waals surface area contributed by atoms with E-state index in [0.29, 0.717) is 19.6 Å². The Morgan fingerprint density at radius 1 is 0.860 bits per heavy atom. The molecule has 2 aromatic rings. The van der Waals surface area contributed by atoms with Gasteiger partial charge in [0, 0.05) is 19.6 Å². The van der Waals surface area contributed by atoms with Crippen molar-refractivity contribution in [1.29, 1.82) is 0 Å². The zero-order valence-electron chi connectivity index (χ0n) is 26.4. The van der Waals surface area contributed by atoms with Gasteiger partial charge in [-0.05, 0) is 51.3 Å². The number of nitrogens with one attached hydrogen (secondary N) is 3. The van der Waals surface area contributed by atoms with Gasteiger partial charge in [-0.25, -0.2) is 4.79 Å². The number of ether oxygens (including phenoxy) is 1. The van der Waals surface area contributed by atoms with Crippen LogP contribution in [0.5, 0.6) is 0 Å². The minimum Gasteiger partial charge on any atom is -0.444 e. The van der Waals surface area contributed by atoms with Crippen LogP contribution in [0.25, 0.3) is 0 Å². The van der Waals surface area contributed by atoms with Crippen LogP contribution in [0.2, 0.25) is 0 Å². The Morgan fingerprint density at radius 3 is 1.91 bits per heavy atom. The summed E-state index contributed by atoms with van der Waals surface area (Å²) in [5, 5.41) is 8.54. The number of hydrogen-bond donors (Lipinski definition) is 3. The molecule has 0 saturated carbocycles. The Balaban J connectivity index is 1.81. The van der Waals surface area contributed by atoms with Gasteiger partial charge < -0.3 is 25.6 Å². The summed E-state index contributed by atoms with van der Waals surface area (Å²) in [5.74, 6) is -1.38. The van der Waals surface area contributed by atoms with Gasteiger partial charge in [-0.3, -0.25) is 19.3 Å². The summed E-state index contributed by atoms with van der Waals surface area (Å²) in [6.07, 6.45) is -0.721. The Kier molecular flexibility index (Phi) is 11.7. The van der Waals surface area contributed by atoms with Gasteiger partial charge in [-0.15, -0.1) is 0 Å². The number of benzene rings is 2. The van der Waals surface area contributed by atoms with Gasteiger partial charge in [0.25, 0.3) is 0 Å². The fourth-order valence-electron chi connectivity index (χ4n) is 5.02. The monoisotopic (exact) mass is 593 g/mol. The summed E-state index contributed by atoms with van der Waals surface area (Å²) in [5.41, 5.74) is 1.15. The van der Waals surface area contributed by atoms with Crippen LogP contribution in [0, 0.1) is 5.92 Å². The van der Waals surface area contributed by atoms with Crippen LogP contribution < -0.4 is 16.0 Å². The third-order valence-corrected chi connectivity index (χ3v) is 7.41. The lowest BCUT2D eigenvalue weighted by Crippen LogP contribution is -2.65. The van der Waals surface area contributed by atoms with Crippen LogP contribution in [0.4, 0.5) is 4.79 Å². The molecule has 0 spiro atoms. The predicted molar refractivity (Wildman–Crippen MR) is 166 cm³/mol. The maximum atomic E-state index is 14.0. The lowest BCUT2D eigenvalue weighted by molar-refractivity contribution is -0.147. The van der Waals surface area contributed by atoms with E-state index in [9.17, 15) is 19.2 Å². The van der Waals surface area contributed by atoms with Crippen LogP contribution in [-0.4, -0.2) is 83.5 Å². The molecule has 0 aromatic heterocycles. The van der Waals surface area contributed by atoms with Crippen molar-refractivity contribution >= 4 is 23.8 Å². The number of nitrogens with zero attached hydrogens (tertiary/aromatic N) is 2. The van der Waals surface area contributed by atoms with Crippen molar-refractivity contribution in [3.63, 3.8) is 0 Å². The van der Waals surface area contributed by atoms with E-state index in [1.165, 1.54) is 6.92 Å². The van der Waals surface area contributed by atoms with E-state index in [0.717, 1.165) is 17.7 Å². The summed E-state index contributed by atoms with van der Waals surface area (Å²) in [6, 6.07) is 16.5. The molecule has 1 saturated heterocycles. The number of amides is 4. The van der Waals surface area contributed by atoms with E-state index in [1.807, 2.05) is 81.4 Å². The van der Waals surface area contributed by atoms with Crippen molar-refractivity contribution in [2.24, 2.45) is 5.92 Å². The van der Waals surface area contributed by atoms with Gasteiger partial charge in [-0.1, -0.05) is 81.4 Å². The van der Waals surface area contributed by atoms with Crippen LogP contribution in [-0.2, 0) is 19.1 Å². The maximum absolute atomic E-state index is 14.0. The normalized spacial score (nSPS) is 17.2. The van der Waals surface area contributed by atoms with E-state index in [4.69, 9.17) is 4.74 Å². The summed E-state index contributed by atoms with van der Waals surface area (Å²) in [4.78, 5) is 57.1. The Hall–Kier alpha value is -3.92. The number of piperazine rings is 1. The van der Waals surface area contributed by atoms with Gasteiger partial charge in [-0.2, -0.15) is 0 Å². The van der Waals surface area contributed by atoms with Crippen molar-refractivity contribution in [1.82, 2.24) is 25.8 Å². The van der Waals surface area contributed by atoms with Crippen LogP contribution in [0.3, 0.4) is 0 Å². The van der Waals surface area contributed by atoms with Crippen LogP contribution in [0.1, 0.15) is 65.6 Å². The first-order valence-corrected chi connectivity index (χ1v) is 15.0. The standard InChI is InChI=1S/C33H47N5O5/c1-8-37-19-20-38(31(41)27(22(2)3)35-29(39)23(4)34-32(42)43-33(5,6)7)26(21-37)30(40)36-28(24-15-11-9-12-16-24)25-17-13-10-14-18-25/h9-18,22-23,26-28H,8,19-21H2,1-7H3,(H,34,42)(H,35,39)(H,36,40)/t23-,26+,27-/m0/s1. The molecule has 4 amide bonds. The van der Waals surface area contributed by atoms with Gasteiger partial charge in [0.05, 0.1) is 6.04 Å². The van der Waals surface area contributed by atoms with Crippen molar-refractivity contribution in [2.45, 2.75) is 78.2 Å². The number of rotatable bonds is 10. The average molecular weight is 594 g/mol. The highest BCUT2D eigenvalue weighted by molar-refractivity contribution is 5.94. The Bertz CT molecular complexity index is 1190. The number of likely N-dealkylation sites (N-methyl/N-ethyl adjacent to an activating group) is 1. The second-order valence-electron chi connectivity index (χ2n) is 12.3. The molecule has 1 fully saturated rings. The molecular weight excluding hydrogens is 546 g/mol. The van der Waals surface area contributed by atoms with Crippen molar-refractivity contribution in [3.8, 4) is 0 Å². The zero-order valence-corrected chi connectivity index (χ0v) is 26.4. The van der Waals surface area contributed by atoms with Crippen molar-refractivity contribution in [2.75, 3.05) is 26.2 Å². The van der Waals surface area contributed by atoms with E-state index >= 15 is 0 Å². The van der Waals surface area contributed by atoms with Crippen molar-refractivity contribution < 1.29 is 23.9 Å². The smallest absolute Gasteiger partial charge is 0.408 e. The highest BCUT2D eigenvalue weighted by Crippen LogP contribution is 2.23. The van der Waals surface area contributed by atoms with Gasteiger partial charge in [0.2, 0.25) is 17.7 Å². The number of carbonyl (C=O) groups is 4. The van der Waals surface area contributed by atoms with Gasteiger partial charge >= 0.3 is 6.09 Å². The highest BCUT2D eigenvalue weighted by Gasteiger charge is 2.40. The molecule has 3 rings (SSSR count). The molecule has 1 heterocycles. The first kappa shape index (κ1) is 33.6. The number of hydrogen-bond acceptors (Lipinski definition) is 6. The fraction of sp³-hybridized carbons (Fsp3) is 0.515. The maximum Gasteiger partial charge on any atom is 0.408 e. The quantitative estimate of drug-likeness (QED) is 0.388.